The number of ether oxygens (including phenoxy) is 1. The summed E-state index contributed by atoms with van der Waals surface area (Å²) in [4.78, 5) is 20.6. The summed E-state index contributed by atoms with van der Waals surface area (Å²) in [7, 11) is 0. The van der Waals surface area contributed by atoms with Crippen LogP contribution in [-0.4, -0.2) is 12.3 Å². The van der Waals surface area contributed by atoms with E-state index in [4.69, 9.17) is 4.74 Å². The molecule has 0 heterocycles. The lowest BCUT2D eigenvalue weighted by Crippen LogP contribution is -2.09. The molecule has 1 unspecified atom stereocenters. The summed E-state index contributed by atoms with van der Waals surface area (Å²) in [5, 5.41) is 0. The Hall–Kier alpha value is -1.64. The van der Waals surface area contributed by atoms with Crippen molar-refractivity contribution >= 4 is 12.3 Å². The Morgan fingerprint density at radius 3 is 2.54 bits per heavy atom. The van der Waals surface area contributed by atoms with Gasteiger partial charge in [-0.1, -0.05) is 30.3 Å². The highest BCUT2D eigenvalue weighted by molar-refractivity contribution is 6.20. The van der Waals surface area contributed by atoms with Gasteiger partial charge >= 0.3 is 5.97 Å². The highest BCUT2D eigenvalue weighted by Crippen LogP contribution is 2.15. The van der Waals surface area contributed by atoms with E-state index in [1.807, 2.05) is 30.3 Å². The molecule has 0 aliphatic heterocycles. The molecule has 0 amide bonds. The average Bonchev–Trinajstić information content (AvgIpc) is 2.19. The smallest absolute Gasteiger partial charge is 0.371 e. The number of carbonyl (C=O) groups is 2. The van der Waals surface area contributed by atoms with E-state index in [0.29, 0.717) is 0 Å². The van der Waals surface area contributed by atoms with Gasteiger partial charge in [0.05, 0.1) is 0 Å². The van der Waals surface area contributed by atoms with Crippen molar-refractivity contribution < 1.29 is 14.3 Å². The van der Waals surface area contributed by atoms with Crippen molar-refractivity contribution in [3.05, 3.63) is 35.9 Å². The Balaban J connectivity index is 2.63. The molecule has 0 saturated heterocycles. The highest BCUT2D eigenvalue weighted by Gasteiger charge is 2.09. The third-order valence-electron chi connectivity index (χ3n) is 1.66. The summed E-state index contributed by atoms with van der Waals surface area (Å²) in [5.74, 6) is -0.837. The molecule has 0 bridgehead atoms. The molecule has 0 radical (unpaired) electrons. The number of hydrogen-bond acceptors (Lipinski definition) is 3. The van der Waals surface area contributed by atoms with Gasteiger partial charge in [-0.05, 0) is 12.5 Å². The van der Waals surface area contributed by atoms with E-state index in [1.54, 1.807) is 6.92 Å². The van der Waals surface area contributed by atoms with E-state index in [0.717, 1.165) is 5.56 Å². The van der Waals surface area contributed by atoms with Crippen molar-refractivity contribution in [1.82, 2.24) is 0 Å². The van der Waals surface area contributed by atoms with E-state index in [9.17, 15) is 9.59 Å². The van der Waals surface area contributed by atoms with Gasteiger partial charge in [-0.25, -0.2) is 4.79 Å². The number of hydrogen-bond donors (Lipinski definition) is 0. The first kappa shape index (κ1) is 9.45. The van der Waals surface area contributed by atoms with Crippen LogP contribution in [-0.2, 0) is 14.3 Å². The Morgan fingerprint density at radius 1 is 1.38 bits per heavy atom. The molecule has 0 N–H and O–H groups in total. The van der Waals surface area contributed by atoms with Crippen molar-refractivity contribution in [2.75, 3.05) is 0 Å². The Kier molecular flexibility index (Phi) is 3.20. The molecular weight excluding hydrogens is 168 g/mol. The average molecular weight is 178 g/mol. The quantitative estimate of drug-likeness (QED) is 0.400. The predicted molar refractivity (Wildman–Crippen MR) is 47.0 cm³/mol. The SMILES string of the molecule is CC(OC(=O)C=O)c1ccccc1. The first-order valence-corrected chi connectivity index (χ1v) is 3.95. The second kappa shape index (κ2) is 4.40. The Bertz CT molecular complexity index is 292. The molecule has 13 heavy (non-hydrogen) atoms. The van der Waals surface area contributed by atoms with E-state index >= 15 is 0 Å². The monoisotopic (exact) mass is 178 g/mol. The van der Waals surface area contributed by atoms with Crippen LogP contribution in [0, 0.1) is 0 Å². The lowest BCUT2D eigenvalue weighted by Gasteiger charge is -2.10. The fourth-order valence-electron chi connectivity index (χ4n) is 0.994. The third-order valence-corrected chi connectivity index (χ3v) is 1.66. The maximum Gasteiger partial charge on any atom is 0.371 e. The largest absolute Gasteiger partial charge is 0.452 e. The fourth-order valence-corrected chi connectivity index (χ4v) is 0.994. The molecule has 0 fully saturated rings. The summed E-state index contributed by atoms with van der Waals surface area (Å²) in [6, 6.07) is 9.24. The molecule has 3 nitrogen and oxygen atoms in total. The second-order valence-corrected chi connectivity index (χ2v) is 2.61. The van der Waals surface area contributed by atoms with E-state index < -0.39 is 5.97 Å². The van der Waals surface area contributed by atoms with Gasteiger partial charge in [0.25, 0.3) is 0 Å². The minimum atomic E-state index is -0.837. The minimum absolute atomic E-state index is 0.166. The van der Waals surface area contributed by atoms with Gasteiger partial charge in [-0.2, -0.15) is 0 Å². The van der Waals surface area contributed by atoms with Gasteiger partial charge in [0.15, 0.2) is 0 Å². The molecule has 0 aromatic heterocycles. The van der Waals surface area contributed by atoms with Gasteiger partial charge in [-0.15, -0.1) is 0 Å². The number of esters is 1. The van der Waals surface area contributed by atoms with Crippen LogP contribution in [0.3, 0.4) is 0 Å². The standard InChI is InChI=1S/C10H10O3/c1-8(13-10(12)7-11)9-5-3-2-4-6-9/h2-8H,1H3. The normalized spacial score (nSPS) is 11.8. The lowest BCUT2D eigenvalue weighted by molar-refractivity contribution is -0.152. The van der Waals surface area contributed by atoms with Gasteiger partial charge in [0.2, 0.25) is 6.29 Å². The number of carbonyl (C=O) groups excluding carboxylic acids is 2. The number of aldehydes is 1. The second-order valence-electron chi connectivity index (χ2n) is 2.61. The zero-order valence-corrected chi connectivity index (χ0v) is 7.27. The lowest BCUT2D eigenvalue weighted by atomic mass is 10.1. The van der Waals surface area contributed by atoms with Crippen LogP contribution in [0.4, 0.5) is 0 Å². The van der Waals surface area contributed by atoms with E-state index in [-0.39, 0.29) is 12.4 Å². The highest BCUT2D eigenvalue weighted by atomic mass is 16.5. The van der Waals surface area contributed by atoms with Crippen molar-refractivity contribution in [2.24, 2.45) is 0 Å². The molecule has 0 aliphatic rings. The van der Waals surface area contributed by atoms with Crippen LogP contribution in [0.1, 0.15) is 18.6 Å². The van der Waals surface area contributed by atoms with Crippen LogP contribution in [0.5, 0.6) is 0 Å². The maximum absolute atomic E-state index is 10.6. The van der Waals surface area contributed by atoms with Crippen molar-refractivity contribution in [3.8, 4) is 0 Å². The van der Waals surface area contributed by atoms with Crippen LogP contribution in [0.15, 0.2) is 30.3 Å². The van der Waals surface area contributed by atoms with Crippen LogP contribution >= 0.6 is 0 Å². The molecule has 0 spiro atoms. The first-order valence-electron chi connectivity index (χ1n) is 3.95. The predicted octanol–water partition coefficient (Wildman–Crippen LogP) is 1.49. The van der Waals surface area contributed by atoms with Gasteiger partial charge in [-0.3, -0.25) is 4.79 Å². The van der Waals surface area contributed by atoms with Crippen molar-refractivity contribution in [2.45, 2.75) is 13.0 Å². The summed E-state index contributed by atoms with van der Waals surface area (Å²) in [5.41, 5.74) is 0.873. The van der Waals surface area contributed by atoms with E-state index in [1.165, 1.54) is 0 Å². The summed E-state index contributed by atoms with van der Waals surface area (Å²) in [6.07, 6.45) is -0.210. The molecule has 1 atom stereocenters. The van der Waals surface area contributed by atoms with Crippen molar-refractivity contribution in [1.29, 1.82) is 0 Å². The van der Waals surface area contributed by atoms with Crippen LogP contribution in [0.25, 0.3) is 0 Å². The molecule has 3 heteroatoms. The molecule has 1 aromatic rings. The maximum atomic E-state index is 10.6. The molecule has 0 aliphatic carbocycles. The van der Waals surface area contributed by atoms with Gasteiger partial charge in [0.1, 0.15) is 6.10 Å². The van der Waals surface area contributed by atoms with Crippen LogP contribution < -0.4 is 0 Å². The Labute approximate surface area is 76.3 Å². The molecule has 0 saturated carbocycles. The topological polar surface area (TPSA) is 43.4 Å². The summed E-state index contributed by atoms with van der Waals surface area (Å²) >= 11 is 0. The minimum Gasteiger partial charge on any atom is -0.452 e. The summed E-state index contributed by atoms with van der Waals surface area (Å²) in [6.45, 7) is 1.72. The molecule has 68 valence electrons. The number of rotatable bonds is 3. The van der Waals surface area contributed by atoms with E-state index in [2.05, 4.69) is 0 Å². The van der Waals surface area contributed by atoms with Gasteiger partial charge < -0.3 is 4.74 Å². The van der Waals surface area contributed by atoms with Crippen molar-refractivity contribution in [3.63, 3.8) is 0 Å². The van der Waals surface area contributed by atoms with Crippen LogP contribution in [0.2, 0.25) is 0 Å². The summed E-state index contributed by atoms with van der Waals surface area (Å²) < 4.78 is 4.78. The Morgan fingerprint density at radius 2 is 2.00 bits per heavy atom. The first-order chi connectivity index (χ1) is 6.24. The molecule has 1 aromatic carbocycles. The third kappa shape index (κ3) is 2.71. The zero-order valence-electron chi connectivity index (χ0n) is 7.27. The molecular formula is C10H10O3. The number of benzene rings is 1. The zero-order chi connectivity index (χ0) is 9.68. The van der Waals surface area contributed by atoms with Gasteiger partial charge in [0, 0.05) is 0 Å². The molecule has 1 rings (SSSR count). The fraction of sp³-hybridized carbons (Fsp3) is 0.200.